The molecule has 0 radical (unpaired) electrons. The first-order chi connectivity index (χ1) is 16.2. The summed E-state index contributed by atoms with van der Waals surface area (Å²) in [7, 11) is 0. The van der Waals surface area contributed by atoms with E-state index in [2.05, 4.69) is 13.8 Å². The number of aldehydes is 1. The molecule has 34 heavy (non-hydrogen) atoms. The average molecular weight is 505 g/mol. The second kappa shape index (κ2) is 17.1. The van der Waals surface area contributed by atoms with Crippen LogP contribution in [0.5, 0.6) is 11.5 Å². The Bertz CT molecular complexity index is 690. The Labute approximate surface area is 204 Å². The number of aliphatic hydroxyl groups is 5. The number of benzene rings is 1. The molecule has 1 aliphatic rings. The van der Waals surface area contributed by atoms with Crippen LogP contribution in [0.2, 0.25) is 0 Å². The van der Waals surface area contributed by atoms with E-state index >= 15 is 0 Å². The maximum atomic E-state index is 12.3. The Morgan fingerprint density at radius 3 is 2.32 bits per heavy atom. The molecule has 0 saturated carbocycles. The zero-order valence-electron chi connectivity index (χ0n) is 20.0. The standard InChI is InChI=1S/C18H28O3S.C6H12O6/c1-3-4-5-6-7-8-11-22(19)15(2)12-16-9-10-17-18(13-16)21-14-20-17;7-1-3(9)5(11)6(12)4(10)2-8/h9-10,13,15H,3-8,11-12,14H2,1-2H3;1,3-6,8-12H,2H2/t;3-,4+,5+,6+/m.0/s1. The molecule has 0 fully saturated rings. The van der Waals surface area contributed by atoms with Crippen LogP contribution < -0.4 is 9.47 Å². The Hall–Kier alpha value is -1.40. The van der Waals surface area contributed by atoms with Gasteiger partial charge < -0.3 is 44.4 Å². The van der Waals surface area contributed by atoms with Crippen molar-refractivity contribution in [2.75, 3.05) is 19.2 Å². The number of unbranched alkanes of at least 4 members (excludes halogenated alkanes) is 5. The number of rotatable bonds is 15. The van der Waals surface area contributed by atoms with Gasteiger partial charge >= 0.3 is 0 Å². The van der Waals surface area contributed by atoms with Crippen molar-refractivity contribution in [1.82, 2.24) is 0 Å². The maximum Gasteiger partial charge on any atom is 0.231 e. The van der Waals surface area contributed by atoms with Gasteiger partial charge in [0.2, 0.25) is 6.79 Å². The molecule has 2 unspecified atom stereocenters. The summed E-state index contributed by atoms with van der Waals surface area (Å²) in [5.41, 5.74) is 1.17. The number of fused-ring (bicyclic) bond motifs is 1. The summed E-state index contributed by atoms with van der Waals surface area (Å²) in [6.07, 6.45) is 1.48. The van der Waals surface area contributed by atoms with E-state index in [-0.39, 0.29) is 11.5 Å². The van der Waals surface area contributed by atoms with Crippen LogP contribution in [0.15, 0.2) is 18.2 Å². The topological polar surface area (TPSA) is 160 Å². The lowest BCUT2D eigenvalue weighted by molar-refractivity contribution is -0.136. The van der Waals surface area contributed by atoms with E-state index in [1.165, 1.54) is 37.7 Å². The Morgan fingerprint density at radius 1 is 1.03 bits per heavy atom. The summed E-state index contributed by atoms with van der Waals surface area (Å²) in [4.78, 5) is 9.90. The highest BCUT2D eigenvalue weighted by Crippen LogP contribution is 2.33. The molecule has 2 rings (SSSR count). The van der Waals surface area contributed by atoms with Crippen LogP contribution >= 0.6 is 0 Å². The number of hydrogen-bond acceptors (Lipinski definition) is 9. The van der Waals surface area contributed by atoms with Crippen molar-refractivity contribution < 1.29 is 44.4 Å². The lowest BCUT2D eigenvalue weighted by atomic mass is 10.0. The van der Waals surface area contributed by atoms with Crippen molar-refractivity contribution in [3.63, 3.8) is 0 Å². The van der Waals surface area contributed by atoms with E-state index in [4.69, 9.17) is 35.0 Å². The van der Waals surface area contributed by atoms with E-state index in [0.29, 0.717) is 6.79 Å². The van der Waals surface area contributed by atoms with Crippen LogP contribution in [0, 0.1) is 0 Å². The normalized spacial score (nSPS) is 17.6. The van der Waals surface area contributed by atoms with Gasteiger partial charge in [-0.3, -0.25) is 0 Å². The van der Waals surface area contributed by atoms with E-state index in [0.717, 1.165) is 30.1 Å². The van der Waals surface area contributed by atoms with Gasteiger partial charge in [0.05, 0.1) is 6.61 Å². The van der Waals surface area contributed by atoms with Gasteiger partial charge in [-0.1, -0.05) is 49.8 Å². The van der Waals surface area contributed by atoms with Crippen LogP contribution in [0.4, 0.5) is 0 Å². The molecule has 0 amide bonds. The highest BCUT2D eigenvalue weighted by atomic mass is 32.2. The zero-order valence-corrected chi connectivity index (χ0v) is 20.9. The monoisotopic (exact) mass is 504 g/mol. The van der Waals surface area contributed by atoms with Gasteiger partial charge in [0.15, 0.2) is 17.8 Å². The summed E-state index contributed by atoms with van der Waals surface area (Å²) in [6, 6.07) is 6.01. The molecule has 1 aliphatic heterocycles. The van der Waals surface area contributed by atoms with Crippen LogP contribution in [-0.2, 0) is 22.4 Å². The SMILES string of the molecule is CCCCCCCC[S+]([O-])C(C)Cc1ccc2c(c1)OCO2.O=C[C@H](O)[C@@H](O)[C@H](O)[C@H](O)CO. The third-order valence-corrected chi connectivity index (χ3v) is 7.28. The Balaban J connectivity index is 0.000000411. The van der Waals surface area contributed by atoms with Crippen LogP contribution in [0.25, 0.3) is 0 Å². The molecule has 0 spiro atoms. The highest BCUT2D eigenvalue weighted by Gasteiger charge is 2.29. The number of hydrogen-bond donors (Lipinski definition) is 5. The summed E-state index contributed by atoms with van der Waals surface area (Å²) >= 11 is -0.743. The maximum absolute atomic E-state index is 12.3. The minimum Gasteiger partial charge on any atom is -0.616 e. The molecular formula is C24H40O9S. The molecule has 1 heterocycles. The molecule has 6 atom stereocenters. The van der Waals surface area contributed by atoms with Gasteiger partial charge in [-0.15, -0.1) is 0 Å². The van der Waals surface area contributed by atoms with Gasteiger partial charge in [0.1, 0.15) is 35.4 Å². The van der Waals surface area contributed by atoms with E-state index in [9.17, 15) is 9.35 Å². The predicted octanol–water partition coefficient (Wildman–Crippen LogP) is 1.08. The summed E-state index contributed by atoms with van der Waals surface area (Å²) < 4.78 is 23.0. The first kappa shape index (κ1) is 30.6. The molecule has 5 N–H and O–H groups in total. The summed E-state index contributed by atoms with van der Waals surface area (Å²) in [6.45, 7) is 3.85. The fourth-order valence-corrected chi connectivity index (χ4v) is 4.61. The molecule has 0 aromatic heterocycles. The first-order valence-electron chi connectivity index (χ1n) is 11.8. The Kier molecular flexibility index (Phi) is 15.4. The van der Waals surface area contributed by atoms with E-state index in [1.54, 1.807) is 0 Å². The number of ether oxygens (including phenoxy) is 2. The fraction of sp³-hybridized carbons (Fsp3) is 0.708. The van der Waals surface area contributed by atoms with Gasteiger partial charge in [0.25, 0.3) is 0 Å². The van der Waals surface area contributed by atoms with Crippen LogP contribution in [0.3, 0.4) is 0 Å². The lowest BCUT2D eigenvalue weighted by Crippen LogP contribution is -2.46. The third kappa shape index (κ3) is 10.9. The fourth-order valence-electron chi connectivity index (χ4n) is 3.34. The van der Waals surface area contributed by atoms with Gasteiger partial charge in [-0.05, 0) is 37.5 Å². The van der Waals surface area contributed by atoms with Crippen molar-refractivity contribution in [2.45, 2.75) is 88.5 Å². The van der Waals surface area contributed by atoms with Crippen LogP contribution in [0.1, 0.15) is 57.9 Å². The zero-order chi connectivity index (χ0) is 25.5. The molecule has 1 aromatic carbocycles. The number of aliphatic hydroxyl groups excluding tert-OH is 5. The van der Waals surface area contributed by atoms with Crippen LogP contribution in [-0.4, -0.2) is 85.2 Å². The van der Waals surface area contributed by atoms with Crippen molar-refractivity contribution in [1.29, 1.82) is 0 Å². The number of carbonyl (C=O) groups is 1. The van der Waals surface area contributed by atoms with E-state index in [1.807, 2.05) is 18.2 Å². The summed E-state index contributed by atoms with van der Waals surface area (Å²) in [5.74, 6) is 2.45. The molecule has 0 bridgehead atoms. The van der Waals surface area contributed by atoms with Gasteiger partial charge in [-0.25, -0.2) is 0 Å². The quantitative estimate of drug-likeness (QED) is 0.134. The largest absolute Gasteiger partial charge is 0.616 e. The average Bonchev–Trinajstić information content (AvgIpc) is 3.32. The minimum atomic E-state index is -1.79. The first-order valence-corrected chi connectivity index (χ1v) is 13.2. The minimum absolute atomic E-state index is 0.0258. The van der Waals surface area contributed by atoms with Crippen molar-refractivity contribution >= 4 is 17.5 Å². The predicted molar refractivity (Wildman–Crippen MR) is 129 cm³/mol. The lowest BCUT2D eigenvalue weighted by Gasteiger charge is -2.22. The van der Waals surface area contributed by atoms with Gasteiger partial charge in [-0.2, -0.15) is 0 Å². The molecule has 1 aromatic rings. The molecule has 10 heteroatoms. The second-order valence-corrected chi connectivity index (χ2v) is 10.4. The van der Waals surface area contributed by atoms with Crippen molar-refractivity contribution in [3.8, 4) is 11.5 Å². The smallest absolute Gasteiger partial charge is 0.231 e. The second-order valence-electron chi connectivity index (χ2n) is 8.41. The third-order valence-electron chi connectivity index (χ3n) is 5.53. The molecule has 9 nitrogen and oxygen atoms in total. The molecule has 0 aliphatic carbocycles. The molecule has 196 valence electrons. The summed E-state index contributed by atoms with van der Waals surface area (Å²) in [5, 5.41) is 43.7. The van der Waals surface area contributed by atoms with Crippen molar-refractivity contribution in [3.05, 3.63) is 23.8 Å². The molecule has 0 saturated heterocycles. The van der Waals surface area contributed by atoms with Crippen molar-refractivity contribution in [2.24, 2.45) is 0 Å². The molecular weight excluding hydrogens is 464 g/mol. The Morgan fingerprint density at radius 2 is 1.68 bits per heavy atom. The van der Waals surface area contributed by atoms with Gasteiger partial charge in [0, 0.05) is 6.42 Å². The number of carbonyl (C=O) groups excluding carboxylic acids is 1. The van der Waals surface area contributed by atoms with E-state index < -0.39 is 42.2 Å². The highest BCUT2D eigenvalue weighted by molar-refractivity contribution is 7.91.